The van der Waals surface area contributed by atoms with E-state index in [0.717, 1.165) is 32.4 Å². The molecule has 0 radical (unpaired) electrons. The van der Waals surface area contributed by atoms with Crippen LogP contribution in [0.4, 0.5) is 4.79 Å². The van der Waals surface area contributed by atoms with Gasteiger partial charge in [0.05, 0.1) is 0 Å². The van der Waals surface area contributed by atoms with Gasteiger partial charge in [-0.3, -0.25) is 4.79 Å². The first-order valence-corrected chi connectivity index (χ1v) is 8.42. The molecular weight excluding hydrogens is 266 g/mol. The molecule has 21 heavy (non-hydrogen) atoms. The fourth-order valence-corrected chi connectivity index (χ4v) is 3.22. The number of hydrogen-bond donors (Lipinski definition) is 1. The van der Waals surface area contributed by atoms with Crippen molar-refractivity contribution in [2.45, 2.75) is 58.4 Å². The van der Waals surface area contributed by atoms with Crippen LogP contribution in [0.5, 0.6) is 0 Å². The van der Waals surface area contributed by atoms with Crippen LogP contribution < -0.4 is 5.32 Å². The van der Waals surface area contributed by atoms with Crippen LogP contribution in [0.15, 0.2) is 0 Å². The van der Waals surface area contributed by atoms with Gasteiger partial charge in [-0.25, -0.2) is 4.79 Å². The third-order valence-corrected chi connectivity index (χ3v) is 4.52. The van der Waals surface area contributed by atoms with E-state index in [1.807, 2.05) is 23.6 Å². The van der Waals surface area contributed by atoms with Gasteiger partial charge in [0, 0.05) is 38.1 Å². The summed E-state index contributed by atoms with van der Waals surface area (Å²) in [5.74, 6) is 0.233. The number of carbonyl (C=O) groups excluding carboxylic acids is 2. The molecule has 1 aliphatic heterocycles. The first kappa shape index (κ1) is 16.1. The van der Waals surface area contributed by atoms with Crippen molar-refractivity contribution in [1.82, 2.24) is 15.1 Å². The van der Waals surface area contributed by atoms with Gasteiger partial charge >= 0.3 is 6.03 Å². The Morgan fingerprint density at radius 1 is 0.905 bits per heavy atom. The third-order valence-electron chi connectivity index (χ3n) is 4.52. The Labute approximate surface area is 128 Å². The van der Waals surface area contributed by atoms with Gasteiger partial charge in [0.15, 0.2) is 0 Å². The average Bonchev–Trinajstić information content (AvgIpc) is 2.73. The Morgan fingerprint density at radius 2 is 1.52 bits per heavy atom. The summed E-state index contributed by atoms with van der Waals surface area (Å²) in [7, 11) is 0. The van der Waals surface area contributed by atoms with Gasteiger partial charge in [-0.2, -0.15) is 0 Å². The molecule has 1 N–H and O–H groups in total. The average molecular weight is 295 g/mol. The molecule has 0 unspecified atom stereocenters. The quantitative estimate of drug-likeness (QED) is 0.849. The van der Waals surface area contributed by atoms with Gasteiger partial charge in [0.2, 0.25) is 5.91 Å². The Kier molecular flexibility index (Phi) is 5.88. The summed E-state index contributed by atoms with van der Waals surface area (Å²) in [5, 5.41) is 3.17. The lowest BCUT2D eigenvalue weighted by atomic mass is 9.96. The summed E-state index contributed by atoms with van der Waals surface area (Å²) in [6.45, 7) is 6.69. The highest BCUT2D eigenvalue weighted by molar-refractivity contribution is 5.78. The van der Waals surface area contributed by atoms with Crippen LogP contribution in [0, 0.1) is 5.92 Å². The van der Waals surface area contributed by atoms with E-state index in [1.165, 1.54) is 19.3 Å². The van der Waals surface area contributed by atoms with Crippen molar-refractivity contribution in [3.8, 4) is 0 Å². The monoisotopic (exact) mass is 295 g/mol. The molecular formula is C16H29N3O2. The van der Waals surface area contributed by atoms with Crippen LogP contribution in [0.25, 0.3) is 0 Å². The van der Waals surface area contributed by atoms with Crippen molar-refractivity contribution in [1.29, 1.82) is 0 Å². The Morgan fingerprint density at radius 3 is 2.19 bits per heavy atom. The molecule has 3 amide bonds. The summed E-state index contributed by atoms with van der Waals surface area (Å²) >= 11 is 0. The van der Waals surface area contributed by atoms with Crippen molar-refractivity contribution in [2.24, 2.45) is 5.92 Å². The first-order chi connectivity index (χ1) is 10.1. The zero-order valence-corrected chi connectivity index (χ0v) is 13.4. The summed E-state index contributed by atoms with van der Waals surface area (Å²) in [6, 6.07) is 0.406. The van der Waals surface area contributed by atoms with Gasteiger partial charge in [-0.1, -0.05) is 33.1 Å². The number of urea groups is 1. The molecule has 120 valence electrons. The zero-order chi connectivity index (χ0) is 15.2. The molecule has 0 aromatic heterocycles. The van der Waals surface area contributed by atoms with E-state index in [2.05, 4.69) is 5.32 Å². The number of rotatable bonds is 2. The molecule has 0 aromatic carbocycles. The fraction of sp³-hybridized carbons (Fsp3) is 0.875. The normalized spacial score (nSPS) is 21.3. The van der Waals surface area contributed by atoms with E-state index < -0.39 is 0 Å². The summed E-state index contributed by atoms with van der Waals surface area (Å²) in [5.41, 5.74) is 0. The SMILES string of the molecule is CC(C)C(=O)N1CCCN(C(=O)NC2CCCCC2)CC1. The van der Waals surface area contributed by atoms with Gasteiger partial charge in [-0.05, 0) is 19.3 Å². The van der Waals surface area contributed by atoms with E-state index in [-0.39, 0.29) is 17.9 Å². The molecule has 2 fully saturated rings. The number of nitrogens with one attached hydrogen (secondary N) is 1. The van der Waals surface area contributed by atoms with Crippen molar-refractivity contribution in [3.05, 3.63) is 0 Å². The van der Waals surface area contributed by atoms with Crippen LogP contribution in [0.2, 0.25) is 0 Å². The number of nitrogens with zero attached hydrogens (tertiary/aromatic N) is 2. The molecule has 2 aliphatic rings. The summed E-state index contributed by atoms with van der Waals surface area (Å²) < 4.78 is 0. The van der Waals surface area contributed by atoms with Crippen molar-refractivity contribution >= 4 is 11.9 Å². The predicted octanol–water partition coefficient (Wildman–Crippen LogP) is 2.22. The number of amides is 3. The molecule has 1 aliphatic carbocycles. The molecule has 0 spiro atoms. The molecule has 1 heterocycles. The van der Waals surface area contributed by atoms with Crippen LogP contribution in [0.3, 0.4) is 0 Å². The molecule has 0 aromatic rings. The van der Waals surface area contributed by atoms with E-state index in [4.69, 9.17) is 0 Å². The Balaban J connectivity index is 1.81. The summed E-state index contributed by atoms with van der Waals surface area (Å²) in [6.07, 6.45) is 6.83. The predicted molar refractivity (Wildman–Crippen MR) is 83.0 cm³/mol. The van der Waals surface area contributed by atoms with Gasteiger partial charge in [0.25, 0.3) is 0 Å². The minimum absolute atomic E-state index is 0.0348. The van der Waals surface area contributed by atoms with Crippen molar-refractivity contribution in [3.63, 3.8) is 0 Å². The molecule has 1 saturated heterocycles. The van der Waals surface area contributed by atoms with Crippen molar-refractivity contribution < 1.29 is 9.59 Å². The highest BCUT2D eigenvalue weighted by Crippen LogP contribution is 2.18. The van der Waals surface area contributed by atoms with Crippen LogP contribution in [-0.2, 0) is 4.79 Å². The van der Waals surface area contributed by atoms with Crippen molar-refractivity contribution in [2.75, 3.05) is 26.2 Å². The lowest BCUT2D eigenvalue weighted by Gasteiger charge is -2.28. The van der Waals surface area contributed by atoms with Crippen LogP contribution in [-0.4, -0.2) is 54.0 Å². The second-order valence-electron chi connectivity index (χ2n) is 6.61. The Bertz CT molecular complexity index is 365. The van der Waals surface area contributed by atoms with Gasteiger partial charge in [0.1, 0.15) is 0 Å². The van der Waals surface area contributed by atoms with E-state index in [1.54, 1.807) is 0 Å². The minimum atomic E-state index is 0.0348. The second kappa shape index (κ2) is 7.66. The molecule has 1 saturated carbocycles. The Hall–Kier alpha value is -1.26. The summed E-state index contributed by atoms with van der Waals surface area (Å²) in [4.78, 5) is 28.2. The largest absolute Gasteiger partial charge is 0.341 e. The van der Waals surface area contributed by atoms with E-state index in [0.29, 0.717) is 19.1 Å². The minimum Gasteiger partial charge on any atom is -0.341 e. The number of hydrogen-bond acceptors (Lipinski definition) is 2. The highest BCUT2D eigenvalue weighted by atomic mass is 16.2. The first-order valence-electron chi connectivity index (χ1n) is 8.42. The highest BCUT2D eigenvalue weighted by Gasteiger charge is 2.24. The van der Waals surface area contributed by atoms with Crippen LogP contribution in [0.1, 0.15) is 52.4 Å². The molecule has 2 rings (SSSR count). The molecule has 5 heteroatoms. The number of carbonyl (C=O) groups is 2. The van der Waals surface area contributed by atoms with E-state index >= 15 is 0 Å². The van der Waals surface area contributed by atoms with Gasteiger partial charge in [-0.15, -0.1) is 0 Å². The smallest absolute Gasteiger partial charge is 0.317 e. The maximum atomic E-state index is 12.3. The van der Waals surface area contributed by atoms with Gasteiger partial charge < -0.3 is 15.1 Å². The fourth-order valence-electron chi connectivity index (χ4n) is 3.22. The maximum Gasteiger partial charge on any atom is 0.317 e. The molecule has 0 bridgehead atoms. The lowest BCUT2D eigenvalue weighted by Crippen LogP contribution is -2.47. The van der Waals surface area contributed by atoms with Crippen LogP contribution >= 0.6 is 0 Å². The molecule has 5 nitrogen and oxygen atoms in total. The van der Waals surface area contributed by atoms with E-state index in [9.17, 15) is 9.59 Å². The zero-order valence-electron chi connectivity index (χ0n) is 13.4. The maximum absolute atomic E-state index is 12.3. The lowest BCUT2D eigenvalue weighted by molar-refractivity contribution is -0.134. The third kappa shape index (κ3) is 4.61. The topological polar surface area (TPSA) is 52.7 Å². The molecule has 0 atom stereocenters. The second-order valence-corrected chi connectivity index (χ2v) is 6.61. The standard InChI is InChI=1S/C16H29N3O2/c1-13(2)15(20)18-9-6-10-19(12-11-18)16(21)17-14-7-4-3-5-8-14/h13-14H,3-12H2,1-2H3,(H,17,21).